The van der Waals surface area contributed by atoms with E-state index in [1.54, 1.807) is 19.1 Å². The summed E-state index contributed by atoms with van der Waals surface area (Å²) in [7, 11) is 0.514. The van der Waals surface area contributed by atoms with Crippen molar-refractivity contribution in [1.82, 2.24) is 10.2 Å². The summed E-state index contributed by atoms with van der Waals surface area (Å²) in [6.45, 7) is 7.51. The number of hydrogen-bond acceptors (Lipinski definition) is 7. The van der Waals surface area contributed by atoms with Crippen molar-refractivity contribution in [3.8, 4) is 28.5 Å². The summed E-state index contributed by atoms with van der Waals surface area (Å²) >= 11 is 1.43. The molecule has 0 spiro atoms. The zero-order valence-corrected chi connectivity index (χ0v) is 19.6. The molecule has 30 heavy (non-hydrogen) atoms. The molecule has 10 heteroatoms. The van der Waals surface area contributed by atoms with E-state index in [1.807, 2.05) is 20.8 Å². The van der Waals surface area contributed by atoms with E-state index in [-0.39, 0.29) is 4.90 Å². The van der Waals surface area contributed by atoms with Crippen LogP contribution >= 0.6 is 11.3 Å². The first-order chi connectivity index (χ1) is 14.1. The first kappa shape index (κ1) is 22.0. The van der Waals surface area contributed by atoms with Gasteiger partial charge in [-0.15, -0.1) is 11.3 Å². The second-order valence-electron chi connectivity index (χ2n) is 6.76. The van der Waals surface area contributed by atoms with Crippen molar-refractivity contribution >= 4 is 27.0 Å². The summed E-state index contributed by atoms with van der Waals surface area (Å²) in [5.74, 6) is 1.09. The maximum atomic E-state index is 13.4. The molecule has 0 radical (unpaired) electrons. The monoisotopic (exact) mass is 451 g/mol. The number of hydrogen-bond donors (Lipinski definition) is 2. The lowest BCUT2D eigenvalue weighted by molar-refractivity contribution is 0.325. The van der Waals surface area contributed by atoms with Gasteiger partial charge >= 0.3 is 0 Å². The Labute approximate surface area is 180 Å². The number of aromatic amines is 1. The first-order valence-corrected chi connectivity index (χ1v) is 11.4. The van der Waals surface area contributed by atoms with Crippen LogP contribution in [0.5, 0.6) is 17.2 Å². The fraction of sp³-hybridized carbons (Fsp3) is 0.350. The molecule has 2 heterocycles. The molecule has 0 aliphatic carbocycles. The zero-order chi connectivity index (χ0) is 22.2. The van der Waals surface area contributed by atoms with Crippen molar-refractivity contribution < 1.29 is 22.6 Å². The van der Waals surface area contributed by atoms with Crippen LogP contribution in [0.15, 0.2) is 17.0 Å². The lowest BCUT2D eigenvalue weighted by Gasteiger charge is -2.16. The first-order valence-electron chi connectivity index (χ1n) is 9.09. The van der Waals surface area contributed by atoms with Gasteiger partial charge in [0, 0.05) is 33.1 Å². The predicted molar refractivity (Wildman–Crippen MR) is 118 cm³/mol. The third-order valence-corrected chi connectivity index (χ3v) is 7.58. The summed E-state index contributed by atoms with van der Waals surface area (Å²) in [4.78, 5) is 1.78. The molecular weight excluding hydrogens is 426 g/mol. The van der Waals surface area contributed by atoms with E-state index >= 15 is 0 Å². The highest BCUT2D eigenvalue weighted by Crippen LogP contribution is 2.43. The third kappa shape index (κ3) is 3.72. The number of rotatable bonds is 7. The topological polar surface area (TPSA) is 103 Å². The highest BCUT2D eigenvalue weighted by molar-refractivity contribution is 7.93. The zero-order valence-electron chi connectivity index (χ0n) is 18.0. The SMILES string of the molecule is COc1cc(NS(=O)(=O)c2c(C)sc(C)c2-c2n[nH]c(C)c2C)cc(OC)c1OC. The summed E-state index contributed by atoms with van der Waals surface area (Å²) in [6.07, 6.45) is 0. The van der Waals surface area contributed by atoms with Gasteiger partial charge < -0.3 is 14.2 Å². The van der Waals surface area contributed by atoms with Gasteiger partial charge in [0.25, 0.3) is 10.0 Å². The molecule has 0 aliphatic rings. The third-order valence-electron chi connectivity index (χ3n) is 4.88. The number of nitrogens with one attached hydrogen (secondary N) is 2. The van der Waals surface area contributed by atoms with Crippen molar-refractivity contribution in [3.63, 3.8) is 0 Å². The van der Waals surface area contributed by atoms with Crippen LogP contribution in [0.2, 0.25) is 0 Å². The average molecular weight is 452 g/mol. The quantitative estimate of drug-likeness (QED) is 0.558. The Morgan fingerprint density at radius 1 is 0.967 bits per heavy atom. The molecular formula is C20H25N3O5S2. The van der Waals surface area contributed by atoms with E-state index in [4.69, 9.17) is 14.2 Å². The fourth-order valence-corrected chi connectivity index (χ4v) is 6.24. The van der Waals surface area contributed by atoms with Crippen LogP contribution in [0.25, 0.3) is 11.3 Å². The summed E-state index contributed by atoms with van der Waals surface area (Å²) in [5.41, 5.74) is 3.36. The number of H-pyrrole nitrogens is 1. The van der Waals surface area contributed by atoms with E-state index in [1.165, 1.54) is 32.7 Å². The number of ether oxygens (including phenoxy) is 3. The molecule has 2 N–H and O–H groups in total. The van der Waals surface area contributed by atoms with Crippen LogP contribution < -0.4 is 18.9 Å². The van der Waals surface area contributed by atoms with Crippen molar-refractivity contribution in [2.24, 2.45) is 0 Å². The van der Waals surface area contributed by atoms with Crippen LogP contribution in [0.3, 0.4) is 0 Å². The number of sulfonamides is 1. The van der Waals surface area contributed by atoms with E-state index in [0.29, 0.717) is 39.1 Å². The largest absolute Gasteiger partial charge is 0.493 e. The van der Waals surface area contributed by atoms with E-state index < -0.39 is 10.0 Å². The van der Waals surface area contributed by atoms with Crippen LogP contribution in [-0.4, -0.2) is 39.9 Å². The highest BCUT2D eigenvalue weighted by atomic mass is 32.2. The number of thiophene rings is 1. The Morgan fingerprint density at radius 2 is 1.57 bits per heavy atom. The number of nitrogens with zero attached hydrogens (tertiary/aromatic N) is 1. The number of anilines is 1. The van der Waals surface area contributed by atoms with Gasteiger partial charge in [-0.05, 0) is 33.3 Å². The fourth-order valence-electron chi connectivity index (χ4n) is 3.34. The van der Waals surface area contributed by atoms with Gasteiger partial charge in [0.2, 0.25) is 5.75 Å². The second-order valence-corrected chi connectivity index (χ2v) is 9.81. The van der Waals surface area contributed by atoms with Crippen molar-refractivity contribution in [2.75, 3.05) is 26.1 Å². The van der Waals surface area contributed by atoms with Gasteiger partial charge in [0.05, 0.1) is 32.7 Å². The molecule has 3 rings (SSSR count). The molecule has 0 atom stereocenters. The Morgan fingerprint density at radius 3 is 2.03 bits per heavy atom. The van der Waals surface area contributed by atoms with Crippen LogP contribution in [0.4, 0.5) is 5.69 Å². The van der Waals surface area contributed by atoms with Crippen molar-refractivity contribution in [3.05, 3.63) is 33.1 Å². The molecule has 0 saturated heterocycles. The molecule has 0 saturated carbocycles. The van der Waals surface area contributed by atoms with E-state index in [2.05, 4.69) is 14.9 Å². The second kappa shape index (κ2) is 8.19. The lowest BCUT2D eigenvalue weighted by Crippen LogP contribution is -2.15. The Hall–Kier alpha value is -2.72. The Kier molecular flexibility index (Phi) is 6.00. The molecule has 1 aromatic carbocycles. The maximum Gasteiger partial charge on any atom is 0.263 e. The van der Waals surface area contributed by atoms with E-state index in [0.717, 1.165) is 16.1 Å². The minimum atomic E-state index is -3.92. The molecule has 0 amide bonds. The predicted octanol–water partition coefficient (Wildman–Crippen LogP) is 4.20. The molecule has 8 nitrogen and oxygen atoms in total. The van der Waals surface area contributed by atoms with Crippen LogP contribution in [0.1, 0.15) is 21.0 Å². The smallest absolute Gasteiger partial charge is 0.263 e. The van der Waals surface area contributed by atoms with Crippen LogP contribution in [0, 0.1) is 27.7 Å². The summed E-state index contributed by atoms with van der Waals surface area (Å²) in [6, 6.07) is 3.11. The average Bonchev–Trinajstić information content (AvgIpc) is 3.18. The minimum Gasteiger partial charge on any atom is -0.493 e. The molecule has 3 aromatic rings. The Bertz CT molecular complexity index is 1170. The lowest BCUT2D eigenvalue weighted by atomic mass is 10.1. The molecule has 0 unspecified atom stereocenters. The Balaban J connectivity index is 2.13. The highest BCUT2D eigenvalue weighted by Gasteiger charge is 2.29. The number of benzene rings is 1. The van der Waals surface area contributed by atoms with E-state index in [9.17, 15) is 8.42 Å². The molecule has 0 aliphatic heterocycles. The molecule has 162 valence electrons. The number of aromatic nitrogens is 2. The normalized spacial score (nSPS) is 11.4. The van der Waals surface area contributed by atoms with Gasteiger partial charge in [0.15, 0.2) is 11.5 Å². The van der Waals surface area contributed by atoms with Gasteiger partial charge in [-0.25, -0.2) is 8.42 Å². The summed E-state index contributed by atoms with van der Waals surface area (Å²) < 4.78 is 45.5. The molecule has 2 aromatic heterocycles. The van der Waals surface area contributed by atoms with Gasteiger partial charge in [-0.1, -0.05) is 0 Å². The van der Waals surface area contributed by atoms with Gasteiger partial charge in [-0.2, -0.15) is 5.10 Å². The number of aryl methyl sites for hydroxylation is 3. The van der Waals surface area contributed by atoms with Crippen molar-refractivity contribution in [1.29, 1.82) is 0 Å². The molecule has 0 bridgehead atoms. The number of methoxy groups -OCH3 is 3. The van der Waals surface area contributed by atoms with Crippen LogP contribution in [-0.2, 0) is 10.0 Å². The van der Waals surface area contributed by atoms with Gasteiger partial charge in [0.1, 0.15) is 4.90 Å². The standard InChI is InChI=1S/C20H25N3O5S2/c1-10-11(2)21-22-18(10)17-12(3)29-13(4)20(17)30(24,25)23-14-8-15(26-5)19(28-7)16(9-14)27-6/h8-9,23H,1-7H3,(H,21,22). The maximum absolute atomic E-state index is 13.4. The summed E-state index contributed by atoms with van der Waals surface area (Å²) in [5, 5.41) is 7.29. The minimum absolute atomic E-state index is 0.216. The van der Waals surface area contributed by atoms with Gasteiger partial charge in [-0.3, -0.25) is 9.82 Å². The molecule has 0 fully saturated rings. The van der Waals surface area contributed by atoms with Crippen molar-refractivity contribution in [2.45, 2.75) is 32.6 Å².